The molecule has 0 aliphatic carbocycles. The van der Waals surface area contributed by atoms with E-state index in [1.165, 1.54) is 18.4 Å². The second-order valence-electron chi connectivity index (χ2n) is 6.04. The highest BCUT2D eigenvalue weighted by atomic mass is 35.5. The van der Waals surface area contributed by atoms with Crippen molar-refractivity contribution in [3.63, 3.8) is 0 Å². The molecule has 0 spiro atoms. The molecule has 22 heavy (non-hydrogen) atoms. The first-order chi connectivity index (χ1) is 10.3. The molecule has 1 amide bonds. The topological polar surface area (TPSA) is 64.1 Å². The predicted octanol–water partition coefficient (Wildman–Crippen LogP) is 4.04. The monoisotopic (exact) mass is 339 g/mol. The van der Waals surface area contributed by atoms with Crippen molar-refractivity contribution in [1.29, 1.82) is 0 Å². The third-order valence-electron chi connectivity index (χ3n) is 2.78. The molecule has 1 aromatic heterocycles. The number of amides is 1. The molecular formula is C15H18ClN3O2S. The summed E-state index contributed by atoms with van der Waals surface area (Å²) in [6, 6.07) is 4.89. The Bertz CT molecular complexity index is 680. The maximum Gasteiger partial charge on any atom is 0.261 e. The van der Waals surface area contributed by atoms with Gasteiger partial charge in [0.15, 0.2) is 0 Å². The van der Waals surface area contributed by atoms with Crippen LogP contribution in [0.15, 0.2) is 18.2 Å². The van der Waals surface area contributed by atoms with E-state index >= 15 is 0 Å². The van der Waals surface area contributed by atoms with E-state index in [1.54, 1.807) is 18.2 Å². The maximum absolute atomic E-state index is 12.3. The number of carbonyl (C=O) groups excluding carboxylic acids is 1. The first-order valence-electron chi connectivity index (χ1n) is 6.76. The number of methoxy groups -OCH3 is 1. The van der Waals surface area contributed by atoms with Crippen molar-refractivity contribution in [2.24, 2.45) is 5.41 Å². The molecule has 0 radical (unpaired) electrons. The lowest BCUT2D eigenvalue weighted by Crippen LogP contribution is -2.13. The number of carbonyl (C=O) groups is 1. The molecule has 0 aliphatic rings. The number of aromatic nitrogens is 2. The lowest BCUT2D eigenvalue weighted by atomic mass is 9.93. The molecule has 1 N–H and O–H groups in total. The van der Waals surface area contributed by atoms with Gasteiger partial charge in [0.1, 0.15) is 10.8 Å². The first-order valence-corrected chi connectivity index (χ1v) is 7.95. The minimum Gasteiger partial charge on any atom is -0.496 e. The van der Waals surface area contributed by atoms with Crippen LogP contribution in [-0.2, 0) is 6.42 Å². The van der Waals surface area contributed by atoms with Crippen molar-refractivity contribution in [1.82, 2.24) is 10.2 Å². The molecule has 0 fully saturated rings. The number of ether oxygens (including phenoxy) is 1. The molecule has 0 atom stereocenters. The molecule has 118 valence electrons. The Kier molecular flexibility index (Phi) is 5.03. The van der Waals surface area contributed by atoms with Crippen molar-refractivity contribution in [2.75, 3.05) is 12.4 Å². The highest BCUT2D eigenvalue weighted by Gasteiger charge is 2.18. The average molecular weight is 340 g/mol. The smallest absolute Gasteiger partial charge is 0.261 e. The van der Waals surface area contributed by atoms with Crippen LogP contribution in [0.5, 0.6) is 5.75 Å². The van der Waals surface area contributed by atoms with E-state index in [2.05, 4.69) is 36.3 Å². The number of hydrogen-bond acceptors (Lipinski definition) is 5. The van der Waals surface area contributed by atoms with Gasteiger partial charge in [-0.3, -0.25) is 10.1 Å². The van der Waals surface area contributed by atoms with Gasteiger partial charge < -0.3 is 4.74 Å². The van der Waals surface area contributed by atoms with Gasteiger partial charge in [0, 0.05) is 11.4 Å². The van der Waals surface area contributed by atoms with Crippen molar-refractivity contribution < 1.29 is 9.53 Å². The number of benzene rings is 1. The second-order valence-corrected chi connectivity index (χ2v) is 7.54. The van der Waals surface area contributed by atoms with Gasteiger partial charge in [0.2, 0.25) is 5.13 Å². The Balaban J connectivity index is 2.14. The first kappa shape index (κ1) is 16.7. The summed E-state index contributed by atoms with van der Waals surface area (Å²) in [7, 11) is 1.51. The molecule has 0 saturated carbocycles. The Morgan fingerprint density at radius 2 is 2.09 bits per heavy atom. The summed E-state index contributed by atoms with van der Waals surface area (Å²) in [5.74, 6) is 0.138. The van der Waals surface area contributed by atoms with Crippen LogP contribution in [0.25, 0.3) is 0 Å². The third kappa shape index (κ3) is 4.42. The van der Waals surface area contributed by atoms with Crippen LogP contribution >= 0.6 is 22.9 Å². The quantitative estimate of drug-likeness (QED) is 0.913. The third-order valence-corrected chi connectivity index (χ3v) is 3.85. The Labute approximate surface area is 138 Å². The number of halogens is 1. The SMILES string of the molecule is COc1ccc(Cl)cc1C(=O)Nc1nnc(CC(C)(C)C)s1. The van der Waals surface area contributed by atoms with E-state index in [1.807, 2.05) is 0 Å². The van der Waals surface area contributed by atoms with Crippen molar-refractivity contribution in [3.8, 4) is 5.75 Å². The number of nitrogens with zero attached hydrogens (tertiary/aromatic N) is 2. The lowest BCUT2D eigenvalue weighted by molar-refractivity contribution is 0.102. The molecule has 7 heteroatoms. The summed E-state index contributed by atoms with van der Waals surface area (Å²) in [6.45, 7) is 6.39. The Hall–Kier alpha value is -1.66. The zero-order chi connectivity index (χ0) is 16.3. The van der Waals surface area contributed by atoms with Crippen LogP contribution in [0.4, 0.5) is 5.13 Å². The van der Waals surface area contributed by atoms with Crippen LogP contribution in [0.1, 0.15) is 36.1 Å². The van der Waals surface area contributed by atoms with Crippen molar-refractivity contribution in [2.45, 2.75) is 27.2 Å². The zero-order valence-corrected chi connectivity index (χ0v) is 14.5. The molecule has 0 aliphatic heterocycles. The van der Waals surface area contributed by atoms with Crippen LogP contribution in [-0.4, -0.2) is 23.2 Å². The Morgan fingerprint density at radius 3 is 2.73 bits per heavy atom. The Morgan fingerprint density at radius 1 is 1.36 bits per heavy atom. The van der Waals surface area contributed by atoms with Gasteiger partial charge in [-0.25, -0.2) is 0 Å². The minimum absolute atomic E-state index is 0.122. The van der Waals surface area contributed by atoms with Gasteiger partial charge in [0.05, 0.1) is 12.7 Å². The number of anilines is 1. The minimum atomic E-state index is -0.321. The van der Waals surface area contributed by atoms with Gasteiger partial charge in [-0.1, -0.05) is 43.7 Å². The summed E-state index contributed by atoms with van der Waals surface area (Å²) >= 11 is 7.31. The van der Waals surface area contributed by atoms with Crippen LogP contribution in [0.3, 0.4) is 0 Å². The fourth-order valence-corrected chi connectivity index (χ4v) is 3.06. The fourth-order valence-electron chi connectivity index (χ4n) is 1.85. The summed E-state index contributed by atoms with van der Waals surface area (Å²) in [4.78, 5) is 12.3. The van der Waals surface area contributed by atoms with E-state index < -0.39 is 0 Å². The molecule has 0 bridgehead atoms. The zero-order valence-electron chi connectivity index (χ0n) is 12.9. The normalized spacial score (nSPS) is 11.3. The fraction of sp³-hybridized carbons (Fsp3) is 0.400. The standard InChI is InChI=1S/C15H18ClN3O2S/c1-15(2,3)8-12-18-19-14(22-12)17-13(20)10-7-9(16)5-6-11(10)21-4/h5-7H,8H2,1-4H3,(H,17,19,20). The van der Waals surface area contributed by atoms with Gasteiger partial charge in [-0.15, -0.1) is 10.2 Å². The molecular weight excluding hydrogens is 322 g/mol. The maximum atomic E-state index is 12.3. The van der Waals surface area contributed by atoms with Crippen LogP contribution < -0.4 is 10.1 Å². The van der Waals surface area contributed by atoms with E-state index in [0.717, 1.165) is 11.4 Å². The highest BCUT2D eigenvalue weighted by molar-refractivity contribution is 7.15. The average Bonchev–Trinajstić information content (AvgIpc) is 2.83. The van der Waals surface area contributed by atoms with Crippen molar-refractivity contribution >= 4 is 34.0 Å². The second kappa shape index (κ2) is 6.62. The van der Waals surface area contributed by atoms with E-state index in [-0.39, 0.29) is 11.3 Å². The van der Waals surface area contributed by atoms with Gasteiger partial charge >= 0.3 is 0 Å². The molecule has 2 aromatic rings. The van der Waals surface area contributed by atoms with Crippen LogP contribution in [0, 0.1) is 5.41 Å². The van der Waals surface area contributed by atoms with E-state index in [4.69, 9.17) is 16.3 Å². The molecule has 0 unspecified atom stereocenters. The number of hydrogen-bond donors (Lipinski definition) is 1. The summed E-state index contributed by atoms with van der Waals surface area (Å²) < 4.78 is 5.18. The molecule has 1 heterocycles. The van der Waals surface area contributed by atoms with Gasteiger partial charge in [-0.05, 0) is 23.6 Å². The molecule has 2 rings (SSSR count). The summed E-state index contributed by atoms with van der Waals surface area (Å²) in [6.07, 6.45) is 0.807. The largest absolute Gasteiger partial charge is 0.496 e. The number of nitrogens with one attached hydrogen (secondary N) is 1. The highest BCUT2D eigenvalue weighted by Crippen LogP contribution is 2.27. The predicted molar refractivity (Wildman–Crippen MR) is 89.0 cm³/mol. The van der Waals surface area contributed by atoms with Gasteiger partial charge in [-0.2, -0.15) is 0 Å². The molecule has 5 nitrogen and oxygen atoms in total. The van der Waals surface area contributed by atoms with Crippen molar-refractivity contribution in [3.05, 3.63) is 33.8 Å². The van der Waals surface area contributed by atoms with Gasteiger partial charge in [0.25, 0.3) is 5.91 Å². The lowest BCUT2D eigenvalue weighted by Gasteiger charge is -2.14. The van der Waals surface area contributed by atoms with E-state index in [9.17, 15) is 4.79 Å². The number of rotatable bonds is 4. The van der Waals surface area contributed by atoms with Crippen LogP contribution in [0.2, 0.25) is 5.02 Å². The summed E-state index contributed by atoms with van der Waals surface area (Å²) in [5.41, 5.74) is 0.486. The molecule has 1 aromatic carbocycles. The summed E-state index contributed by atoms with van der Waals surface area (Å²) in [5, 5.41) is 12.7. The van der Waals surface area contributed by atoms with E-state index in [0.29, 0.717) is 21.5 Å². The molecule has 0 saturated heterocycles.